The van der Waals surface area contributed by atoms with Crippen molar-refractivity contribution in [1.29, 1.82) is 0 Å². The second-order valence-corrected chi connectivity index (χ2v) is 24.1. The molecule has 2 aromatic carbocycles. The van der Waals surface area contributed by atoms with Crippen LogP contribution in [0.5, 0.6) is 0 Å². The van der Waals surface area contributed by atoms with E-state index in [0.29, 0.717) is 47.6 Å². The van der Waals surface area contributed by atoms with Gasteiger partial charge in [-0.25, -0.2) is 0 Å². The molecule has 320 valence electrons. The van der Waals surface area contributed by atoms with Crippen LogP contribution in [-0.2, 0) is 25.2 Å². The van der Waals surface area contributed by atoms with Gasteiger partial charge in [0.1, 0.15) is 0 Å². The summed E-state index contributed by atoms with van der Waals surface area (Å²) in [5.41, 5.74) is 1.90. The van der Waals surface area contributed by atoms with Gasteiger partial charge in [0.25, 0.3) is 0 Å². The molecule has 9 saturated carbocycles. The summed E-state index contributed by atoms with van der Waals surface area (Å²) in [4.78, 5) is 34.8. The van der Waals surface area contributed by atoms with E-state index in [9.17, 15) is 9.59 Å². The van der Waals surface area contributed by atoms with Gasteiger partial charge in [-0.2, -0.15) is 0 Å². The summed E-state index contributed by atoms with van der Waals surface area (Å²) in [7, 11) is 0. The summed E-state index contributed by atoms with van der Waals surface area (Å²) in [6.07, 6.45) is 16.7. The van der Waals surface area contributed by atoms with Crippen LogP contribution in [0.4, 0.5) is 4.39 Å². The molecule has 2 amide bonds. The standard InChI is InChI=1S/C52H67FN4O3/c53-33-46-17-35-19-48(27-46,38-7-3-1-4-8-38)31-50(21-35,28-46)44(58)54-42-25-56-14-12-41(42)37(24-56)13-16-60-34-47-18-36-20-49(29-47,39-9-5-2-6-10-39)32-51(22-36,30-47)45(59)55-43-26-57-15-11-40-23-52(40,43)57/h1-10,35-37,40-43H,11-34H2,(H,54,58)(H,55,59)/t35?,36?,37?,40?,41?,42-,43-,46-,47-,48+,49+,50?,51?,52?/m0/s1. The van der Waals surface area contributed by atoms with E-state index < -0.39 is 5.41 Å². The molecular formula is C52H67FN4O3. The molecule has 9 unspecified atom stereocenters. The van der Waals surface area contributed by atoms with Crippen molar-refractivity contribution in [2.75, 3.05) is 52.6 Å². The first kappa shape index (κ1) is 37.7. The molecular weight excluding hydrogens is 748 g/mol. The molecule has 5 aliphatic heterocycles. The lowest BCUT2D eigenvalue weighted by atomic mass is 9.38. The quantitative estimate of drug-likeness (QED) is 0.217. The van der Waals surface area contributed by atoms with Gasteiger partial charge in [0.15, 0.2) is 0 Å². The smallest absolute Gasteiger partial charge is 0.226 e. The number of carbonyl (C=O) groups excluding carboxylic acids is 2. The molecule has 2 N–H and O–H groups in total. The predicted molar refractivity (Wildman–Crippen MR) is 229 cm³/mol. The zero-order chi connectivity index (χ0) is 40.2. The highest BCUT2D eigenvalue weighted by molar-refractivity contribution is 5.85. The third kappa shape index (κ3) is 5.40. The van der Waals surface area contributed by atoms with E-state index in [1.807, 2.05) is 0 Å². The lowest BCUT2D eigenvalue weighted by Gasteiger charge is -2.66. The van der Waals surface area contributed by atoms with Crippen LogP contribution in [0.25, 0.3) is 0 Å². The maximum Gasteiger partial charge on any atom is 0.226 e. The Kier molecular flexibility index (Phi) is 8.11. The average molecular weight is 815 g/mol. The second-order valence-electron chi connectivity index (χ2n) is 24.1. The maximum atomic E-state index is 15.1. The number of alkyl halides is 1. The highest BCUT2D eigenvalue weighted by atomic mass is 19.1. The van der Waals surface area contributed by atoms with Crippen LogP contribution >= 0.6 is 0 Å². The Morgan fingerprint density at radius 1 is 0.683 bits per heavy atom. The van der Waals surface area contributed by atoms with Crippen LogP contribution < -0.4 is 10.6 Å². The number of ether oxygens (including phenoxy) is 1. The Morgan fingerprint density at radius 2 is 1.33 bits per heavy atom. The minimum atomic E-state index is -0.468. The van der Waals surface area contributed by atoms with E-state index >= 15 is 4.39 Å². The number of hydrogen-bond donors (Lipinski definition) is 2. The van der Waals surface area contributed by atoms with Crippen molar-refractivity contribution in [2.45, 2.75) is 131 Å². The molecule has 5 heterocycles. The predicted octanol–water partition coefficient (Wildman–Crippen LogP) is 7.58. The number of benzene rings is 2. The van der Waals surface area contributed by atoms with E-state index in [1.165, 1.54) is 43.4 Å². The van der Waals surface area contributed by atoms with Crippen molar-refractivity contribution >= 4 is 11.8 Å². The summed E-state index contributed by atoms with van der Waals surface area (Å²) < 4.78 is 22.0. The number of fused-ring (bicyclic) bond motifs is 3. The Hall–Kier alpha value is -2.81. The SMILES string of the molecule is O=C(N[C@H]1CN2CCC1C(CCOC[C@]13CC4CC(C(=O)N[C@H]5CN6CCC7CC756)(C1)C[C@@](c1ccccc1)(C4)C3)C2)C12CC3C[C@@](CF)(C1)C[C@](c1ccccc1)(C3)C2. The molecule has 7 nitrogen and oxygen atoms in total. The molecule has 5 saturated heterocycles. The normalized spacial score (nSPS) is 49.6. The molecule has 0 aromatic heterocycles. The van der Waals surface area contributed by atoms with Gasteiger partial charge in [0, 0.05) is 43.2 Å². The molecule has 14 aliphatic rings. The Balaban J connectivity index is 0.693. The van der Waals surface area contributed by atoms with Gasteiger partial charge in [0.05, 0.1) is 30.2 Å². The molecule has 15 atom stereocenters. The summed E-state index contributed by atoms with van der Waals surface area (Å²) >= 11 is 0. The maximum absolute atomic E-state index is 15.1. The third-order valence-corrected chi connectivity index (χ3v) is 20.4. The number of carbonyl (C=O) groups is 2. The summed E-state index contributed by atoms with van der Waals surface area (Å²) in [5, 5.41) is 7.45. The molecule has 8 heteroatoms. The van der Waals surface area contributed by atoms with E-state index in [1.54, 1.807) is 0 Å². The molecule has 2 aromatic rings. The largest absolute Gasteiger partial charge is 0.381 e. The van der Waals surface area contributed by atoms with Crippen molar-refractivity contribution in [3.05, 3.63) is 71.8 Å². The van der Waals surface area contributed by atoms with Crippen LogP contribution in [0.1, 0.15) is 114 Å². The Bertz CT molecular complexity index is 2070. The van der Waals surface area contributed by atoms with E-state index in [2.05, 4.69) is 81.1 Å². The monoisotopic (exact) mass is 815 g/mol. The zero-order valence-electron chi connectivity index (χ0n) is 35.8. The minimum absolute atomic E-state index is 0.0313. The fourth-order valence-electron chi connectivity index (χ4n) is 19.1. The van der Waals surface area contributed by atoms with E-state index in [0.717, 1.165) is 116 Å². The van der Waals surface area contributed by atoms with Crippen molar-refractivity contribution in [3.63, 3.8) is 0 Å². The summed E-state index contributed by atoms with van der Waals surface area (Å²) in [6.45, 7) is 6.58. The minimum Gasteiger partial charge on any atom is -0.381 e. The molecule has 9 aliphatic carbocycles. The third-order valence-electron chi connectivity index (χ3n) is 20.4. The average Bonchev–Trinajstić information content (AvgIpc) is 3.95. The lowest BCUT2D eigenvalue weighted by Crippen LogP contribution is -2.71. The van der Waals surface area contributed by atoms with Crippen LogP contribution in [0, 0.1) is 51.2 Å². The van der Waals surface area contributed by atoms with Crippen LogP contribution in [0.2, 0.25) is 0 Å². The summed E-state index contributed by atoms with van der Waals surface area (Å²) in [6, 6.07) is 22.5. The first-order valence-electron chi connectivity index (χ1n) is 24.4. The van der Waals surface area contributed by atoms with Gasteiger partial charge in [-0.05, 0) is 173 Å². The van der Waals surface area contributed by atoms with Gasteiger partial charge in [-0.1, -0.05) is 60.7 Å². The summed E-state index contributed by atoms with van der Waals surface area (Å²) in [5.74, 6) is 3.32. The molecule has 60 heavy (non-hydrogen) atoms. The van der Waals surface area contributed by atoms with Crippen molar-refractivity contribution in [2.24, 2.45) is 51.2 Å². The number of nitrogens with one attached hydrogen (secondary N) is 2. The molecule has 14 fully saturated rings. The number of halogens is 1. The topological polar surface area (TPSA) is 73.9 Å². The first-order valence-corrected chi connectivity index (χ1v) is 24.4. The van der Waals surface area contributed by atoms with Crippen LogP contribution in [0.3, 0.4) is 0 Å². The van der Waals surface area contributed by atoms with E-state index in [4.69, 9.17) is 4.74 Å². The molecule has 16 rings (SSSR count). The highest BCUT2D eigenvalue weighted by Gasteiger charge is 2.73. The lowest BCUT2D eigenvalue weighted by molar-refractivity contribution is -0.175. The number of piperidine rings is 4. The number of rotatable bonds is 12. The number of hydrogen-bond acceptors (Lipinski definition) is 5. The molecule has 0 radical (unpaired) electrons. The van der Waals surface area contributed by atoms with Crippen molar-refractivity contribution < 1.29 is 18.7 Å². The second kappa shape index (κ2) is 12.9. The highest BCUT2D eigenvalue weighted by Crippen LogP contribution is 2.72. The first-order chi connectivity index (χ1) is 29.1. The zero-order valence-corrected chi connectivity index (χ0v) is 35.8. The number of nitrogens with zero attached hydrogens (tertiary/aromatic N) is 2. The molecule has 10 bridgehead atoms. The van der Waals surface area contributed by atoms with Crippen LogP contribution in [0.15, 0.2) is 60.7 Å². The fraction of sp³-hybridized carbons (Fsp3) is 0.731. The van der Waals surface area contributed by atoms with Gasteiger partial charge in [0.2, 0.25) is 11.8 Å². The van der Waals surface area contributed by atoms with Crippen molar-refractivity contribution in [3.8, 4) is 0 Å². The van der Waals surface area contributed by atoms with Crippen LogP contribution in [-0.4, -0.2) is 91.8 Å². The Labute approximate surface area is 356 Å². The number of amides is 2. The van der Waals surface area contributed by atoms with E-state index in [-0.39, 0.29) is 45.7 Å². The van der Waals surface area contributed by atoms with Crippen molar-refractivity contribution in [1.82, 2.24) is 20.4 Å². The van der Waals surface area contributed by atoms with Gasteiger partial charge >= 0.3 is 0 Å². The van der Waals surface area contributed by atoms with Gasteiger partial charge < -0.3 is 20.3 Å². The Morgan fingerprint density at radius 3 is 1.98 bits per heavy atom. The molecule has 1 spiro atoms. The fourth-order valence-corrected chi connectivity index (χ4v) is 19.1. The van der Waals surface area contributed by atoms with Gasteiger partial charge in [-0.3, -0.25) is 18.9 Å². The van der Waals surface area contributed by atoms with Gasteiger partial charge in [-0.15, -0.1) is 0 Å².